The third-order valence-corrected chi connectivity index (χ3v) is 3.72. The van der Waals surface area contributed by atoms with Gasteiger partial charge in [-0.05, 0) is 12.8 Å². The van der Waals surface area contributed by atoms with Gasteiger partial charge in [0.15, 0.2) is 0 Å². The number of amides is 1. The van der Waals surface area contributed by atoms with Crippen LogP contribution in [0.3, 0.4) is 0 Å². The average Bonchev–Trinajstić information content (AvgIpc) is 2.27. The van der Waals surface area contributed by atoms with Crippen LogP contribution >= 0.6 is 0 Å². The first-order valence-electron chi connectivity index (χ1n) is 5.32. The minimum Gasteiger partial charge on any atom is -0.350 e. The second-order valence-electron chi connectivity index (χ2n) is 4.63. The van der Waals surface area contributed by atoms with E-state index in [1.165, 1.54) is 25.8 Å². The molecule has 2 atom stereocenters. The molecule has 1 unspecified atom stereocenters. The molecule has 0 radical (unpaired) electrons. The van der Waals surface area contributed by atoms with Gasteiger partial charge in [0.1, 0.15) is 6.04 Å². The summed E-state index contributed by atoms with van der Waals surface area (Å²) in [4.78, 5) is 11.2. The van der Waals surface area contributed by atoms with E-state index in [-0.39, 0.29) is 5.91 Å². The van der Waals surface area contributed by atoms with Crippen LogP contribution in [0.1, 0.15) is 25.7 Å². The van der Waals surface area contributed by atoms with Crippen LogP contribution in [0.2, 0.25) is 0 Å². The molecule has 3 nitrogen and oxygen atoms in total. The molecule has 2 aliphatic rings. The Kier molecular flexibility index (Phi) is 2.28. The maximum absolute atomic E-state index is 11.2. The molecule has 1 N–H and O–H groups in total. The van der Waals surface area contributed by atoms with Crippen molar-refractivity contribution in [1.82, 2.24) is 5.32 Å². The van der Waals surface area contributed by atoms with E-state index in [0.29, 0.717) is 12.5 Å². The Balaban J connectivity index is 2.11. The van der Waals surface area contributed by atoms with Crippen molar-refractivity contribution in [2.45, 2.75) is 31.7 Å². The minimum atomic E-state index is 0.244. The maximum Gasteiger partial charge on any atom is 0.225 e. The number of carbonyl (C=O) groups excluding carboxylic acids is 1. The van der Waals surface area contributed by atoms with E-state index in [2.05, 4.69) is 12.4 Å². The third-order valence-electron chi connectivity index (χ3n) is 3.72. The largest absolute Gasteiger partial charge is 0.350 e. The molecule has 2 heterocycles. The number of rotatable bonds is 0. The van der Waals surface area contributed by atoms with Gasteiger partial charge >= 0.3 is 0 Å². The smallest absolute Gasteiger partial charge is 0.225 e. The van der Waals surface area contributed by atoms with E-state index in [1.54, 1.807) is 0 Å². The molecular formula is C10H19N2O+. The number of likely N-dealkylation sites (N-methyl/N-ethyl adjacent to an activating group) is 1. The van der Waals surface area contributed by atoms with Gasteiger partial charge in [0, 0.05) is 6.42 Å². The highest BCUT2D eigenvalue weighted by atomic mass is 16.1. The van der Waals surface area contributed by atoms with Gasteiger partial charge in [0.05, 0.1) is 33.1 Å². The second kappa shape index (κ2) is 3.29. The van der Waals surface area contributed by atoms with Crippen LogP contribution < -0.4 is 5.32 Å². The third kappa shape index (κ3) is 1.70. The fraction of sp³-hybridized carbons (Fsp3) is 0.900. The number of hydrogen-bond donors (Lipinski definition) is 1. The summed E-state index contributed by atoms with van der Waals surface area (Å²) in [5.41, 5.74) is 0. The fourth-order valence-corrected chi connectivity index (χ4v) is 2.64. The minimum absolute atomic E-state index is 0.244. The van der Waals surface area contributed by atoms with Crippen molar-refractivity contribution in [2.24, 2.45) is 0 Å². The molecule has 0 aromatic rings. The Hall–Kier alpha value is -0.570. The van der Waals surface area contributed by atoms with Crippen LogP contribution in [0.25, 0.3) is 0 Å². The summed E-state index contributed by atoms with van der Waals surface area (Å²) < 4.78 is 1.12. The van der Waals surface area contributed by atoms with E-state index < -0.39 is 0 Å². The summed E-state index contributed by atoms with van der Waals surface area (Å²) in [6.45, 7) is 3.20. The normalized spacial score (nSPS) is 40.4. The molecule has 0 aromatic carbocycles. The summed E-state index contributed by atoms with van der Waals surface area (Å²) in [5, 5.41) is 3.01. The molecule has 2 fully saturated rings. The highest BCUT2D eigenvalue weighted by Gasteiger charge is 2.37. The van der Waals surface area contributed by atoms with Gasteiger partial charge in [-0.15, -0.1) is 0 Å². The number of nitrogens with one attached hydrogen (secondary N) is 1. The van der Waals surface area contributed by atoms with Gasteiger partial charge in [0.2, 0.25) is 5.91 Å². The quantitative estimate of drug-likeness (QED) is 0.545. The summed E-state index contributed by atoms with van der Waals surface area (Å²) in [6, 6.07) is 0.681. The van der Waals surface area contributed by atoms with Crippen molar-refractivity contribution in [1.29, 1.82) is 0 Å². The van der Waals surface area contributed by atoms with E-state index in [4.69, 9.17) is 0 Å². The van der Waals surface area contributed by atoms with Crippen molar-refractivity contribution in [3.05, 3.63) is 0 Å². The zero-order valence-corrected chi connectivity index (χ0v) is 8.38. The van der Waals surface area contributed by atoms with E-state index in [9.17, 15) is 4.79 Å². The first-order chi connectivity index (χ1) is 6.21. The van der Waals surface area contributed by atoms with Crippen LogP contribution in [0, 0.1) is 0 Å². The van der Waals surface area contributed by atoms with Crippen LogP contribution in [0.5, 0.6) is 0 Å². The summed E-state index contributed by atoms with van der Waals surface area (Å²) in [5.74, 6) is 0.244. The van der Waals surface area contributed by atoms with Gasteiger partial charge in [-0.2, -0.15) is 0 Å². The first-order valence-corrected chi connectivity index (χ1v) is 5.32. The predicted molar refractivity (Wildman–Crippen MR) is 51.2 cm³/mol. The SMILES string of the molecule is C[N+]12CCCC[C@H]1CNC(=O)CC2. The molecule has 0 bridgehead atoms. The molecule has 1 amide bonds. The first kappa shape index (κ1) is 9.00. The lowest BCUT2D eigenvalue weighted by Gasteiger charge is -2.43. The average molecular weight is 183 g/mol. The predicted octanol–water partition coefficient (Wildman–Crippen LogP) is 0.505. The maximum atomic E-state index is 11.2. The molecule has 74 valence electrons. The Morgan fingerprint density at radius 1 is 1.38 bits per heavy atom. The number of nitrogens with zero attached hydrogens (tertiary/aromatic N) is 1. The standard InChI is InChI=1S/C10H18N2O/c1-12-6-3-2-4-9(12)8-11-10(13)5-7-12/h9H,2-8H2,1H3/p+1/t9-,12?/m0/s1. The lowest BCUT2D eigenvalue weighted by Crippen LogP contribution is -2.57. The van der Waals surface area contributed by atoms with Gasteiger partial charge in [-0.1, -0.05) is 0 Å². The van der Waals surface area contributed by atoms with E-state index in [1.807, 2.05) is 0 Å². The highest BCUT2D eigenvalue weighted by Crippen LogP contribution is 2.25. The summed E-state index contributed by atoms with van der Waals surface area (Å²) in [6.07, 6.45) is 4.68. The molecule has 2 rings (SSSR count). The van der Waals surface area contributed by atoms with Crippen molar-refractivity contribution < 1.29 is 9.28 Å². The van der Waals surface area contributed by atoms with Crippen LogP contribution in [0.4, 0.5) is 0 Å². The van der Waals surface area contributed by atoms with Gasteiger partial charge in [0.25, 0.3) is 0 Å². The molecule has 3 heteroatoms. The van der Waals surface area contributed by atoms with Crippen LogP contribution in [-0.2, 0) is 4.79 Å². The topological polar surface area (TPSA) is 29.1 Å². The molecule has 0 aromatic heterocycles. The van der Waals surface area contributed by atoms with Crippen LogP contribution in [-0.4, -0.2) is 43.1 Å². The van der Waals surface area contributed by atoms with Gasteiger partial charge < -0.3 is 9.80 Å². The Morgan fingerprint density at radius 3 is 3.08 bits per heavy atom. The molecule has 2 saturated heterocycles. The number of piperidine rings is 1. The molecular weight excluding hydrogens is 164 g/mol. The van der Waals surface area contributed by atoms with Crippen LogP contribution in [0.15, 0.2) is 0 Å². The molecule has 2 aliphatic heterocycles. The lowest BCUT2D eigenvalue weighted by molar-refractivity contribution is -0.935. The number of quaternary nitrogens is 1. The Bertz CT molecular complexity index is 217. The lowest BCUT2D eigenvalue weighted by atomic mass is 9.99. The zero-order valence-electron chi connectivity index (χ0n) is 8.38. The summed E-state index contributed by atoms with van der Waals surface area (Å²) >= 11 is 0. The number of carbonyl (C=O) groups is 1. The Labute approximate surface area is 79.7 Å². The molecule has 0 saturated carbocycles. The van der Waals surface area contributed by atoms with E-state index in [0.717, 1.165) is 17.6 Å². The monoisotopic (exact) mass is 183 g/mol. The van der Waals surface area contributed by atoms with Crippen molar-refractivity contribution in [3.63, 3.8) is 0 Å². The second-order valence-corrected chi connectivity index (χ2v) is 4.63. The fourth-order valence-electron chi connectivity index (χ4n) is 2.64. The number of hydrogen-bond acceptors (Lipinski definition) is 1. The molecule has 13 heavy (non-hydrogen) atoms. The van der Waals surface area contributed by atoms with Crippen molar-refractivity contribution in [2.75, 3.05) is 26.7 Å². The zero-order chi connectivity index (χ0) is 9.31. The number of fused-ring (bicyclic) bond motifs is 1. The van der Waals surface area contributed by atoms with Crippen molar-refractivity contribution >= 4 is 5.91 Å². The summed E-state index contributed by atoms with van der Waals surface area (Å²) in [7, 11) is 2.31. The van der Waals surface area contributed by atoms with Gasteiger partial charge in [-0.25, -0.2) is 0 Å². The van der Waals surface area contributed by atoms with E-state index >= 15 is 0 Å². The van der Waals surface area contributed by atoms with Crippen molar-refractivity contribution in [3.8, 4) is 0 Å². The Morgan fingerprint density at radius 2 is 2.23 bits per heavy atom. The van der Waals surface area contributed by atoms with Gasteiger partial charge in [-0.3, -0.25) is 4.79 Å². The molecule has 0 aliphatic carbocycles. The molecule has 0 spiro atoms. The highest BCUT2D eigenvalue weighted by molar-refractivity contribution is 5.76.